The van der Waals surface area contributed by atoms with Crippen molar-refractivity contribution in [3.63, 3.8) is 0 Å². The van der Waals surface area contributed by atoms with Gasteiger partial charge >= 0.3 is 6.03 Å². The number of anilines is 2. The monoisotopic (exact) mass is 500 g/mol. The molecule has 3 amide bonds. The van der Waals surface area contributed by atoms with Crippen molar-refractivity contribution in [3.05, 3.63) is 58.9 Å². The molecule has 0 saturated carbocycles. The second kappa shape index (κ2) is 11.6. The highest BCUT2D eigenvalue weighted by Gasteiger charge is 2.24. The standard InChI is InChI=1S/C27H32N8O2/c1-4-35(5-2)14-13-30-27(37)32-20-8-6-7-18(15-20)9-10-19-17-31-26(28)33-24(19)23-16-21-22(34(23)3)11-12-29-25(21)36/h6-8,15-17H,4-5,11-14H2,1-3H3,(H,29,36)(H2,28,31,33)(H2,30,32,37). The lowest BCUT2D eigenvalue weighted by Gasteiger charge is -2.18. The first-order valence-electron chi connectivity index (χ1n) is 12.4. The molecule has 0 aliphatic carbocycles. The summed E-state index contributed by atoms with van der Waals surface area (Å²) in [6.07, 6.45) is 2.32. The molecule has 3 heterocycles. The molecule has 0 bridgehead atoms. The lowest BCUT2D eigenvalue weighted by Crippen LogP contribution is -2.36. The van der Waals surface area contributed by atoms with Gasteiger partial charge in [0.1, 0.15) is 5.69 Å². The molecule has 1 aliphatic heterocycles. The van der Waals surface area contributed by atoms with Crippen LogP contribution in [0.2, 0.25) is 0 Å². The van der Waals surface area contributed by atoms with Gasteiger partial charge in [-0.05, 0) is 37.4 Å². The van der Waals surface area contributed by atoms with Crippen LogP contribution in [0.25, 0.3) is 11.4 Å². The zero-order valence-electron chi connectivity index (χ0n) is 21.4. The smallest absolute Gasteiger partial charge is 0.319 e. The van der Waals surface area contributed by atoms with Gasteiger partial charge in [-0.25, -0.2) is 14.8 Å². The van der Waals surface area contributed by atoms with Crippen molar-refractivity contribution in [1.82, 2.24) is 30.1 Å². The maximum atomic E-state index is 12.3. The molecule has 3 aromatic rings. The lowest BCUT2D eigenvalue weighted by molar-refractivity contribution is 0.0945. The van der Waals surface area contributed by atoms with Gasteiger partial charge in [0, 0.05) is 56.2 Å². The number of hydrogen-bond acceptors (Lipinski definition) is 6. The minimum atomic E-state index is -0.261. The highest BCUT2D eigenvalue weighted by Crippen LogP contribution is 2.28. The summed E-state index contributed by atoms with van der Waals surface area (Å²) in [5.41, 5.74) is 10.7. The van der Waals surface area contributed by atoms with E-state index in [1.807, 2.05) is 35.9 Å². The highest BCUT2D eigenvalue weighted by molar-refractivity contribution is 5.98. The number of nitrogens with zero attached hydrogens (tertiary/aromatic N) is 4. The average Bonchev–Trinajstić information content (AvgIpc) is 3.23. The van der Waals surface area contributed by atoms with Crippen LogP contribution in [0.5, 0.6) is 0 Å². The van der Waals surface area contributed by atoms with Gasteiger partial charge in [0.25, 0.3) is 5.91 Å². The Morgan fingerprint density at radius 1 is 1.24 bits per heavy atom. The number of rotatable bonds is 7. The third kappa shape index (κ3) is 6.08. The first kappa shape index (κ1) is 25.7. The van der Waals surface area contributed by atoms with Crippen LogP contribution in [0.4, 0.5) is 16.4 Å². The van der Waals surface area contributed by atoms with E-state index in [0.29, 0.717) is 41.2 Å². The van der Waals surface area contributed by atoms with Crippen LogP contribution < -0.4 is 21.7 Å². The Morgan fingerprint density at radius 3 is 2.81 bits per heavy atom. The van der Waals surface area contributed by atoms with E-state index in [0.717, 1.165) is 37.4 Å². The Balaban J connectivity index is 1.53. The number of nitrogens with two attached hydrogens (primary N) is 1. The third-order valence-corrected chi connectivity index (χ3v) is 6.37. The summed E-state index contributed by atoms with van der Waals surface area (Å²) >= 11 is 0. The van der Waals surface area contributed by atoms with E-state index in [1.165, 1.54) is 0 Å². The number of likely N-dealkylation sites (N-methyl/N-ethyl adjacent to an activating group) is 1. The maximum absolute atomic E-state index is 12.3. The zero-order valence-corrected chi connectivity index (χ0v) is 21.4. The molecule has 2 aromatic heterocycles. The van der Waals surface area contributed by atoms with Crippen molar-refractivity contribution in [2.75, 3.05) is 43.8 Å². The summed E-state index contributed by atoms with van der Waals surface area (Å²) < 4.78 is 1.96. The maximum Gasteiger partial charge on any atom is 0.319 e. The van der Waals surface area contributed by atoms with Gasteiger partial charge in [0.05, 0.1) is 16.8 Å². The summed E-state index contributed by atoms with van der Waals surface area (Å²) in [7, 11) is 1.91. The van der Waals surface area contributed by atoms with Crippen molar-refractivity contribution >= 4 is 23.6 Å². The van der Waals surface area contributed by atoms with E-state index >= 15 is 0 Å². The van der Waals surface area contributed by atoms with E-state index in [4.69, 9.17) is 5.73 Å². The molecule has 5 N–H and O–H groups in total. The Hall–Kier alpha value is -4.36. The minimum absolute atomic E-state index is 0.0980. The normalized spacial score (nSPS) is 12.4. The fraction of sp³-hybridized carbons (Fsp3) is 0.333. The number of aromatic nitrogens is 3. The third-order valence-electron chi connectivity index (χ3n) is 6.37. The van der Waals surface area contributed by atoms with Gasteiger partial charge in [-0.15, -0.1) is 0 Å². The predicted octanol–water partition coefficient (Wildman–Crippen LogP) is 2.21. The van der Waals surface area contributed by atoms with Crippen LogP contribution in [0.3, 0.4) is 0 Å². The molecule has 1 aromatic carbocycles. The quantitative estimate of drug-likeness (QED) is 0.368. The lowest BCUT2D eigenvalue weighted by atomic mass is 10.1. The Bertz CT molecular complexity index is 1360. The summed E-state index contributed by atoms with van der Waals surface area (Å²) in [6, 6.07) is 8.87. The van der Waals surface area contributed by atoms with Gasteiger partial charge in [0.15, 0.2) is 0 Å². The van der Waals surface area contributed by atoms with Crippen LogP contribution in [0, 0.1) is 11.8 Å². The molecule has 0 spiro atoms. The molecule has 0 atom stereocenters. The molecule has 192 valence electrons. The molecule has 0 unspecified atom stereocenters. The van der Waals surface area contributed by atoms with Gasteiger partial charge in [0.2, 0.25) is 5.95 Å². The van der Waals surface area contributed by atoms with Crippen LogP contribution in [-0.4, -0.2) is 64.1 Å². The molecule has 4 rings (SSSR count). The van der Waals surface area contributed by atoms with E-state index in [9.17, 15) is 9.59 Å². The number of urea groups is 1. The fourth-order valence-corrected chi connectivity index (χ4v) is 4.30. The number of nitrogen functional groups attached to an aromatic ring is 1. The summed E-state index contributed by atoms with van der Waals surface area (Å²) in [5.74, 6) is 6.29. The topological polar surface area (TPSA) is 130 Å². The van der Waals surface area contributed by atoms with Crippen LogP contribution in [0.15, 0.2) is 36.5 Å². The number of nitrogens with one attached hydrogen (secondary N) is 3. The van der Waals surface area contributed by atoms with Crippen molar-refractivity contribution in [2.24, 2.45) is 7.05 Å². The Labute approximate surface area is 216 Å². The van der Waals surface area contributed by atoms with Gasteiger partial charge in [-0.2, -0.15) is 0 Å². The molecule has 10 heteroatoms. The van der Waals surface area contributed by atoms with Crippen LogP contribution in [-0.2, 0) is 13.5 Å². The van der Waals surface area contributed by atoms with Crippen molar-refractivity contribution in [1.29, 1.82) is 0 Å². The molecule has 0 fully saturated rings. The van der Waals surface area contributed by atoms with Gasteiger partial charge < -0.3 is 31.2 Å². The molecular formula is C27H32N8O2. The van der Waals surface area contributed by atoms with E-state index in [2.05, 4.69) is 56.5 Å². The molecule has 0 radical (unpaired) electrons. The minimum Gasteiger partial charge on any atom is -0.368 e. The van der Waals surface area contributed by atoms with Gasteiger partial charge in [-0.3, -0.25) is 4.79 Å². The number of carbonyl (C=O) groups excluding carboxylic acids is 2. The van der Waals surface area contributed by atoms with Crippen LogP contribution >= 0.6 is 0 Å². The number of amides is 3. The van der Waals surface area contributed by atoms with E-state index < -0.39 is 0 Å². The highest BCUT2D eigenvalue weighted by atomic mass is 16.2. The predicted molar refractivity (Wildman–Crippen MR) is 144 cm³/mol. The molecular weight excluding hydrogens is 468 g/mol. The average molecular weight is 501 g/mol. The van der Waals surface area contributed by atoms with Gasteiger partial charge in [-0.1, -0.05) is 31.8 Å². The molecule has 10 nitrogen and oxygen atoms in total. The second-order valence-electron chi connectivity index (χ2n) is 8.68. The first-order chi connectivity index (χ1) is 17.9. The Morgan fingerprint density at radius 2 is 2.05 bits per heavy atom. The van der Waals surface area contributed by atoms with Crippen molar-refractivity contribution < 1.29 is 9.59 Å². The van der Waals surface area contributed by atoms with Crippen molar-refractivity contribution in [2.45, 2.75) is 20.3 Å². The summed E-state index contributed by atoms with van der Waals surface area (Å²) in [4.78, 5) is 35.4. The summed E-state index contributed by atoms with van der Waals surface area (Å²) in [5, 5.41) is 8.60. The number of fused-ring (bicyclic) bond motifs is 1. The fourth-order valence-electron chi connectivity index (χ4n) is 4.30. The second-order valence-corrected chi connectivity index (χ2v) is 8.68. The summed E-state index contributed by atoms with van der Waals surface area (Å²) in [6.45, 7) is 8.05. The molecule has 37 heavy (non-hydrogen) atoms. The number of carbonyl (C=O) groups is 2. The SMILES string of the molecule is CCN(CC)CCNC(=O)Nc1cccc(C#Cc2cnc(N)nc2-c2cc3c(n2C)CCNC3=O)c1. The van der Waals surface area contributed by atoms with Crippen molar-refractivity contribution in [3.8, 4) is 23.2 Å². The largest absolute Gasteiger partial charge is 0.368 e. The number of benzene rings is 1. The molecule has 0 saturated heterocycles. The molecule has 1 aliphatic rings. The van der Waals surface area contributed by atoms with Crippen LogP contribution in [0.1, 0.15) is 41.0 Å². The first-order valence-corrected chi connectivity index (χ1v) is 12.4. The van der Waals surface area contributed by atoms with E-state index in [1.54, 1.807) is 12.3 Å². The van der Waals surface area contributed by atoms with E-state index in [-0.39, 0.29) is 17.9 Å². The zero-order chi connectivity index (χ0) is 26.4. The Kier molecular flexibility index (Phi) is 8.05. The number of hydrogen-bond donors (Lipinski definition) is 4.